The molecule has 0 aromatic heterocycles. The lowest BCUT2D eigenvalue weighted by Gasteiger charge is -2.22. The summed E-state index contributed by atoms with van der Waals surface area (Å²) < 4.78 is 9.80. The van der Waals surface area contributed by atoms with E-state index in [9.17, 15) is 4.79 Å². The fourth-order valence-electron chi connectivity index (χ4n) is 0.788. The predicted octanol–water partition coefficient (Wildman–Crippen LogP) is -0.754. The summed E-state index contributed by atoms with van der Waals surface area (Å²) in [6, 6.07) is -0.274. The van der Waals surface area contributed by atoms with Crippen molar-refractivity contribution < 1.29 is 14.3 Å². The average Bonchev–Trinajstić information content (AvgIpc) is 2.33. The molecule has 0 bridgehead atoms. The monoisotopic (exact) mass is 146 g/mol. The Kier molecular flexibility index (Phi) is 1.78. The molecule has 58 valence electrons. The number of rotatable bonds is 2. The fraction of sp³-hybridized carbons (Fsp3) is 0.800. The van der Waals surface area contributed by atoms with E-state index >= 15 is 0 Å². The Morgan fingerprint density at radius 1 is 1.50 bits per heavy atom. The van der Waals surface area contributed by atoms with Gasteiger partial charge in [-0.25, -0.2) is 4.79 Å². The molecule has 2 N–H and O–H groups in total. The van der Waals surface area contributed by atoms with Gasteiger partial charge in [0.1, 0.15) is 0 Å². The summed E-state index contributed by atoms with van der Waals surface area (Å²) in [5.41, 5.74) is 0. The van der Waals surface area contributed by atoms with Crippen LogP contribution in [0.1, 0.15) is 0 Å². The Bertz CT molecular complexity index is 144. The minimum Gasteiger partial charge on any atom is -0.335 e. The third-order valence-electron chi connectivity index (χ3n) is 1.45. The van der Waals surface area contributed by atoms with Crippen LogP contribution in [-0.2, 0) is 9.47 Å². The van der Waals surface area contributed by atoms with E-state index in [1.807, 2.05) is 0 Å². The van der Waals surface area contributed by atoms with Gasteiger partial charge in [0.25, 0.3) is 5.91 Å². The van der Waals surface area contributed by atoms with Gasteiger partial charge in [-0.15, -0.1) is 0 Å². The van der Waals surface area contributed by atoms with Gasteiger partial charge in [0.05, 0.1) is 6.54 Å². The standard InChI is InChI=1S/C5H10N2O3/c1-9-5(10-2)3-6-4(8)7-5/h3H2,1-2H3,(H2,6,7,8). The number of hydrogen-bond acceptors (Lipinski definition) is 3. The van der Waals surface area contributed by atoms with Crippen LogP contribution in [-0.4, -0.2) is 32.7 Å². The quantitative estimate of drug-likeness (QED) is 0.504. The molecule has 0 spiro atoms. The number of methoxy groups -OCH3 is 2. The van der Waals surface area contributed by atoms with E-state index in [4.69, 9.17) is 9.47 Å². The summed E-state index contributed by atoms with van der Waals surface area (Å²) in [6.07, 6.45) is 0. The molecule has 0 radical (unpaired) electrons. The highest BCUT2D eigenvalue weighted by atomic mass is 16.7. The maximum absolute atomic E-state index is 10.6. The van der Waals surface area contributed by atoms with Gasteiger partial charge >= 0.3 is 6.03 Å². The van der Waals surface area contributed by atoms with Crippen molar-refractivity contribution in [2.45, 2.75) is 5.91 Å². The van der Waals surface area contributed by atoms with Crippen molar-refractivity contribution in [3.8, 4) is 0 Å². The Balaban J connectivity index is 2.59. The smallest absolute Gasteiger partial charge is 0.319 e. The fourth-order valence-corrected chi connectivity index (χ4v) is 0.788. The highest BCUT2D eigenvalue weighted by molar-refractivity contribution is 5.76. The molecular weight excluding hydrogens is 136 g/mol. The molecule has 0 aromatic rings. The van der Waals surface area contributed by atoms with Crippen molar-refractivity contribution in [2.75, 3.05) is 20.8 Å². The number of carbonyl (C=O) groups is 1. The normalized spacial score (nSPS) is 22.0. The maximum Gasteiger partial charge on any atom is 0.319 e. The lowest BCUT2D eigenvalue weighted by Crippen LogP contribution is -2.47. The molecule has 5 nitrogen and oxygen atoms in total. The topological polar surface area (TPSA) is 59.6 Å². The molecule has 0 atom stereocenters. The second-order valence-corrected chi connectivity index (χ2v) is 1.97. The predicted molar refractivity (Wildman–Crippen MR) is 33.3 cm³/mol. The van der Waals surface area contributed by atoms with Crippen molar-refractivity contribution in [1.29, 1.82) is 0 Å². The van der Waals surface area contributed by atoms with Crippen LogP contribution in [0.25, 0.3) is 0 Å². The van der Waals surface area contributed by atoms with Crippen molar-refractivity contribution in [2.24, 2.45) is 0 Å². The van der Waals surface area contributed by atoms with E-state index < -0.39 is 5.91 Å². The molecule has 1 aliphatic heterocycles. The van der Waals surface area contributed by atoms with E-state index in [1.54, 1.807) is 0 Å². The van der Waals surface area contributed by atoms with E-state index in [1.165, 1.54) is 14.2 Å². The van der Waals surface area contributed by atoms with Gasteiger partial charge in [-0.1, -0.05) is 0 Å². The summed E-state index contributed by atoms with van der Waals surface area (Å²) in [5, 5.41) is 4.98. The molecular formula is C5H10N2O3. The minimum absolute atomic E-state index is 0.274. The van der Waals surface area contributed by atoms with E-state index in [2.05, 4.69) is 10.6 Å². The van der Waals surface area contributed by atoms with Gasteiger partial charge in [0, 0.05) is 14.2 Å². The van der Waals surface area contributed by atoms with E-state index in [-0.39, 0.29) is 6.03 Å². The molecule has 1 rings (SSSR count). The summed E-state index contributed by atoms with van der Waals surface area (Å²) >= 11 is 0. The Morgan fingerprint density at radius 2 is 2.10 bits per heavy atom. The number of hydrogen-bond donors (Lipinski definition) is 2. The highest BCUT2D eigenvalue weighted by Crippen LogP contribution is 2.08. The largest absolute Gasteiger partial charge is 0.335 e. The van der Waals surface area contributed by atoms with Gasteiger partial charge in [-0.05, 0) is 0 Å². The van der Waals surface area contributed by atoms with Crippen LogP contribution in [0.5, 0.6) is 0 Å². The van der Waals surface area contributed by atoms with Crippen LogP contribution in [0.15, 0.2) is 0 Å². The second-order valence-electron chi connectivity index (χ2n) is 1.97. The first-order valence-electron chi connectivity index (χ1n) is 2.89. The first-order valence-corrected chi connectivity index (χ1v) is 2.89. The average molecular weight is 146 g/mol. The van der Waals surface area contributed by atoms with E-state index in [0.29, 0.717) is 6.54 Å². The SMILES string of the molecule is COC1(OC)CNC(=O)N1. The van der Waals surface area contributed by atoms with Gasteiger partial charge in [-0.2, -0.15) is 0 Å². The third kappa shape index (κ3) is 1.05. The summed E-state index contributed by atoms with van der Waals surface area (Å²) in [4.78, 5) is 10.6. The van der Waals surface area contributed by atoms with Crippen LogP contribution < -0.4 is 10.6 Å². The van der Waals surface area contributed by atoms with Crippen molar-refractivity contribution in [3.05, 3.63) is 0 Å². The van der Waals surface area contributed by atoms with Crippen molar-refractivity contribution in [3.63, 3.8) is 0 Å². The molecule has 1 saturated heterocycles. The summed E-state index contributed by atoms with van der Waals surface area (Å²) in [5.74, 6) is -0.961. The lowest BCUT2D eigenvalue weighted by atomic mass is 10.5. The Labute approximate surface area is 58.7 Å². The minimum atomic E-state index is -0.961. The van der Waals surface area contributed by atoms with E-state index in [0.717, 1.165) is 0 Å². The molecule has 0 aromatic carbocycles. The third-order valence-corrected chi connectivity index (χ3v) is 1.45. The molecule has 10 heavy (non-hydrogen) atoms. The zero-order valence-corrected chi connectivity index (χ0v) is 5.93. The number of nitrogens with one attached hydrogen (secondary N) is 2. The molecule has 2 amide bonds. The highest BCUT2D eigenvalue weighted by Gasteiger charge is 2.37. The molecule has 1 fully saturated rings. The van der Waals surface area contributed by atoms with Crippen LogP contribution in [0.2, 0.25) is 0 Å². The molecule has 5 heteroatoms. The summed E-state index contributed by atoms with van der Waals surface area (Å²) in [7, 11) is 2.94. The first kappa shape index (κ1) is 7.30. The number of amides is 2. The lowest BCUT2D eigenvalue weighted by molar-refractivity contribution is -0.203. The molecule has 1 aliphatic rings. The van der Waals surface area contributed by atoms with Crippen LogP contribution >= 0.6 is 0 Å². The molecule has 0 saturated carbocycles. The summed E-state index contributed by atoms with van der Waals surface area (Å²) in [6.45, 7) is 0.332. The van der Waals surface area contributed by atoms with Crippen LogP contribution in [0, 0.1) is 0 Å². The first-order chi connectivity index (χ1) is 4.72. The number of carbonyl (C=O) groups excluding carboxylic acids is 1. The van der Waals surface area contributed by atoms with Gasteiger partial charge in [-0.3, -0.25) is 5.32 Å². The van der Waals surface area contributed by atoms with Gasteiger partial charge < -0.3 is 14.8 Å². The van der Waals surface area contributed by atoms with Crippen molar-refractivity contribution >= 4 is 6.03 Å². The zero-order chi connectivity index (χ0) is 7.61. The van der Waals surface area contributed by atoms with Crippen LogP contribution in [0.3, 0.4) is 0 Å². The van der Waals surface area contributed by atoms with Gasteiger partial charge in [0.2, 0.25) is 0 Å². The van der Waals surface area contributed by atoms with Gasteiger partial charge in [0.15, 0.2) is 0 Å². The Morgan fingerprint density at radius 3 is 2.30 bits per heavy atom. The number of ether oxygens (including phenoxy) is 2. The van der Waals surface area contributed by atoms with Crippen molar-refractivity contribution in [1.82, 2.24) is 10.6 Å². The Hall–Kier alpha value is -0.810. The zero-order valence-electron chi connectivity index (χ0n) is 5.93. The second kappa shape index (κ2) is 2.43. The molecule has 1 heterocycles. The number of urea groups is 1. The molecule has 0 unspecified atom stereocenters. The maximum atomic E-state index is 10.6. The van der Waals surface area contributed by atoms with Crippen LogP contribution in [0.4, 0.5) is 4.79 Å². The molecule has 0 aliphatic carbocycles.